The number of hydrogen-bond acceptors (Lipinski definition) is 2. The van der Waals surface area contributed by atoms with Crippen LogP contribution in [0.2, 0.25) is 0 Å². The van der Waals surface area contributed by atoms with Crippen molar-refractivity contribution in [3.05, 3.63) is 33.8 Å². The topological polar surface area (TPSA) is 32.3 Å². The third kappa shape index (κ3) is 1.68. The van der Waals surface area contributed by atoms with E-state index in [1.807, 2.05) is 6.07 Å². The van der Waals surface area contributed by atoms with Crippen molar-refractivity contribution < 1.29 is 4.79 Å². The lowest BCUT2D eigenvalue weighted by atomic mass is 9.70. The van der Waals surface area contributed by atoms with Gasteiger partial charge in [-0.2, -0.15) is 0 Å². The Balaban J connectivity index is 2.24. The highest BCUT2D eigenvalue weighted by atomic mass is 79.9. The molecule has 1 fully saturated rings. The quantitative estimate of drug-likeness (QED) is 0.738. The number of nitrogens with one attached hydrogen (secondary N) is 1. The summed E-state index contributed by atoms with van der Waals surface area (Å²) in [5.41, 5.74) is 1.63. The van der Waals surface area contributed by atoms with E-state index in [1.165, 1.54) is 5.56 Å². The van der Waals surface area contributed by atoms with Crippen molar-refractivity contribution >= 4 is 39.2 Å². The van der Waals surface area contributed by atoms with Gasteiger partial charge in [0.25, 0.3) is 5.91 Å². The van der Waals surface area contributed by atoms with Gasteiger partial charge in [-0.25, -0.2) is 0 Å². The Labute approximate surface area is 126 Å². The van der Waals surface area contributed by atoms with Crippen molar-refractivity contribution in [2.75, 3.05) is 7.05 Å². The second kappa shape index (κ2) is 4.28. The van der Waals surface area contributed by atoms with Crippen molar-refractivity contribution in [2.24, 2.45) is 5.92 Å². The molecule has 1 aromatic carbocycles. The molecule has 1 amide bonds. The minimum absolute atomic E-state index is 0.0593. The summed E-state index contributed by atoms with van der Waals surface area (Å²) < 4.78 is 0.995. The molecule has 5 heteroatoms. The zero-order valence-corrected chi connectivity index (χ0v) is 13.3. The van der Waals surface area contributed by atoms with E-state index in [-0.39, 0.29) is 11.8 Å². The van der Waals surface area contributed by atoms with Crippen LogP contribution in [0.1, 0.15) is 24.5 Å². The van der Waals surface area contributed by atoms with E-state index in [0.29, 0.717) is 5.11 Å². The number of halogens is 1. The molecule has 1 aromatic rings. The number of hydrogen-bond donors (Lipinski definition) is 1. The van der Waals surface area contributed by atoms with Gasteiger partial charge in [-0.05, 0) is 54.2 Å². The molecule has 1 aliphatic heterocycles. The minimum Gasteiger partial charge on any atom is -0.344 e. The molecule has 0 aromatic heterocycles. The molecule has 0 radical (unpaired) electrons. The van der Waals surface area contributed by atoms with Crippen LogP contribution in [0.25, 0.3) is 0 Å². The Kier molecular flexibility index (Phi) is 2.94. The van der Waals surface area contributed by atoms with Gasteiger partial charge in [0.05, 0.1) is 0 Å². The Bertz CT molecular complexity index is 589. The molecule has 0 saturated carbocycles. The molecule has 1 spiro atoms. The van der Waals surface area contributed by atoms with Crippen LogP contribution in [0.4, 0.5) is 0 Å². The molecule has 1 N–H and O–H groups in total. The number of carbonyl (C=O) groups excluding carboxylic acids is 1. The Morgan fingerprint density at radius 2 is 2.26 bits per heavy atom. The number of thiocarbonyl (C=S) groups is 1. The molecule has 1 saturated heterocycles. The van der Waals surface area contributed by atoms with Crippen LogP contribution in [0, 0.1) is 5.92 Å². The maximum Gasteiger partial charge on any atom is 0.259 e. The smallest absolute Gasteiger partial charge is 0.259 e. The first-order valence-corrected chi connectivity index (χ1v) is 7.56. The number of nitrogens with zero attached hydrogens (tertiary/aromatic N) is 1. The number of aryl methyl sites for hydroxylation is 1. The number of rotatable bonds is 0. The lowest BCUT2D eigenvalue weighted by molar-refractivity contribution is -0.132. The Hall–Kier alpha value is -0.940. The number of fused-ring (bicyclic) bond motifs is 2. The van der Waals surface area contributed by atoms with E-state index in [4.69, 9.17) is 12.2 Å². The molecule has 0 bridgehead atoms. The molecule has 3 rings (SSSR count). The number of benzene rings is 1. The highest BCUT2D eigenvalue weighted by molar-refractivity contribution is 9.10. The summed E-state index contributed by atoms with van der Waals surface area (Å²) in [6, 6.07) is 6.19. The highest BCUT2D eigenvalue weighted by Crippen LogP contribution is 2.44. The largest absolute Gasteiger partial charge is 0.344 e. The first-order valence-electron chi connectivity index (χ1n) is 6.36. The fourth-order valence-corrected chi connectivity index (χ4v) is 3.77. The molecule has 19 heavy (non-hydrogen) atoms. The zero-order valence-electron chi connectivity index (χ0n) is 10.9. The summed E-state index contributed by atoms with van der Waals surface area (Å²) in [6.07, 6.45) is 2.00. The average molecular weight is 339 g/mol. The predicted octanol–water partition coefficient (Wildman–Crippen LogP) is 2.57. The molecular weight excluding hydrogens is 324 g/mol. The summed E-state index contributed by atoms with van der Waals surface area (Å²) >= 11 is 8.77. The lowest BCUT2D eigenvalue weighted by Gasteiger charge is -2.39. The van der Waals surface area contributed by atoms with Crippen LogP contribution in [0.3, 0.4) is 0 Å². The van der Waals surface area contributed by atoms with Crippen molar-refractivity contribution in [2.45, 2.75) is 25.3 Å². The molecule has 3 nitrogen and oxygen atoms in total. The van der Waals surface area contributed by atoms with Crippen LogP contribution in [-0.2, 0) is 16.8 Å². The lowest BCUT2D eigenvalue weighted by Crippen LogP contribution is -2.51. The molecule has 1 aliphatic carbocycles. The van der Waals surface area contributed by atoms with Crippen LogP contribution < -0.4 is 5.32 Å². The standard InChI is InChI=1S/C14H15BrN2OS/c1-8-3-4-9-5-6-10(15)7-11(9)14(8)12(18)17(2)13(19)16-14/h5-8H,3-4H2,1-2H3,(H,16,19). The van der Waals surface area contributed by atoms with Gasteiger partial charge in [0.2, 0.25) is 0 Å². The van der Waals surface area contributed by atoms with Crippen molar-refractivity contribution in [1.82, 2.24) is 10.2 Å². The second-order valence-electron chi connectivity index (χ2n) is 5.34. The molecular formula is C14H15BrN2OS. The van der Waals surface area contributed by atoms with Gasteiger partial charge >= 0.3 is 0 Å². The van der Waals surface area contributed by atoms with Gasteiger partial charge in [-0.1, -0.05) is 28.9 Å². The highest BCUT2D eigenvalue weighted by Gasteiger charge is 2.55. The van der Waals surface area contributed by atoms with Crippen LogP contribution >= 0.6 is 28.1 Å². The van der Waals surface area contributed by atoms with Gasteiger partial charge in [-0.15, -0.1) is 0 Å². The minimum atomic E-state index is -0.677. The summed E-state index contributed by atoms with van der Waals surface area (Å²) in [7, 11) is 1.74. The van der Waals surface area contributed by atoms with Crippen LogP contribution in [0.15, 0.2) is 22.7 Å². The number of likely N-dealkylation sites (N-methyl/N-ethyl adjacent to an activating group) is 1. The van der Waals surface area contributed by atoms with E-state index < -0.39 is 5.54 Å². The normalized spacial score (nSPS) is 29.6. The van der Waals surface area contributed by atoms with Gasteiger partial charge in [0, 0.05) is 11.5 Å². The predicted molar refractivity (Wildman–Crippen MR) is 81.8 cm³/mol. The second-order valence-corrected chi connectivity index (χ2v) is 6.65. The van der Waals surface area contributed by atoms with Crippen molar-refractivity contribution in [1.29, 1.82) is 0 Å². The summed E-state index contributed by atoms with van der Waals surface area (Å²) in [5, 5.41) is 3.81. The number of carbonyl (C=O) groups is 1. The van der Waals surface area contributed by atoms with Crippen LogP contribution in [0.5, 0.6) is 0 Å². The van der Waals surface area contributed by atoms with Crippen molar-refractivity contribution in [3.63, 3.8) is 0 Å². The first-order chi connectivity index (χ1) is 8.96. The third-order valence-electron chi connectivity index (χ3n) is 4.33. The summed E-state index contributed by atoms with van der Waals surface area (Å²) in [6.45, 7) is 2.12. The molecule has 2 unspecified atom stereocenters. The van der Waals surface area contributed by atoms with E-state index in [1.54, 1.807) is 11.9 Å². The fourth-order valence-electron chi connectivity index (χ4n) is 3.17. The molecule has 2 atom stereocenters. The first kappa shape index (κ1) is 13.1. The zero-order chi connectivity index (χ0) is 13.8. The fraction of sp³-hybridized carbons (Fsp3) is 0.429. The summed E-state index contributed by atoms with van der Waals surface area (Å²) in [5.74, 6) is 0.286. The van der Waals surface area contributed by atoms with Gasteiger partial charge in [0.15, 0.2) is 5.11 Å². The molecule has 1 heterocycles. The van der Waals surface area contributed by atoms with Crippen LogP contribution in [-0.4, -0.2) is 23.0 Å². The third-order valence-corrected chi connectivity index (χ3v) is 5.20. The van der Waals surface area contributed by atoms with E-state index in [2.05, 4.69) is 40.3 Å². The SMILES string of the molecule is CC1CCc2ccc(Br)cc2C12NC(=S)N(C)C2=O. The Morgan fingerprint density at radius 3 is 2.89 bits per heavy atom. The van der Waals surface area contributed by atoms with E-state index >= 15 is 0 Å². The van der Waals surface area contributed by atoms with Gasteiger partial charge in [0.1, 0.15) is 5.54 Å². The maximum absolute atomic E-state index is 12.7. The summed E-state index contributed by atoms with van der Waals surface area (Å²) in [4.78, 5) is 14.3. The average Bonchev–Trinajstić information content (AvgIpc) is 2.61. The van der Waals surface area contributed by atoms with E-state index in [9.17, 15) is 4.79 Å². The number of amides is 1. The van der Waals surface area contributed by atoms with Gasteiger partial charge < -0.3 is 5.32 Å². The monoisotopic (exact) mass is 338 g/mol. The maximum atomic E-state index is 12.7. The Morgan fingerprint density at radius 1 is 1.53 bits per heavy atom. The van der Waals surface area contributed by atoms with Crippen molar-refractivity contribution in [3.8, 4) is 0 Å². The molecule has 100 valence electrons. The molecule has 2 aliphatic rings. The van der Waals surface area contributed by atoms with Gasteiger partial charge in [-0.3, -0.25) is 9.69 Å². The van der Waals surface area contributed by atoms with E-state index in [0.717, 1.165) is 22.9 Å².